The first kappa shape index (κ1) is 11.7. The van der Waals surface area contributed by atoms with Crippen LogP contribution in [0.3, 0.4) is 0 Å². The molecule has 0 bridgehead atoms. The molecule has 1 amide bonds. The van der Waals surface area contributed by atoms with E-state index in [0.717, 1.165) is 6.42 Å². The molecule has 1 aliphatic rings. The third-order valence-electron chi connectivity index (χ3n) is 2.95. The van der Waals surface area contributed by atoms with E-state index in [0.29, 0.717) is 30.2 Å². The van der Waals surface area contributed by atoms with Crippen LogP contribution in [-0.4, -0.2) is 24.7 Å². The van der Waals surface area contributed by atoms with Gasteiger partial charge < -0.3 is 21.5 Å². The van der Waals surface area contributed by atoms with E-state index in [2.05, 4.69) is 5.32 Å². The fourth-order valence-electron chi connectivity index (χ4n) is 1.90. The quantitative estimate of drug-likeness (QED) is 0.660. The molecule has 5 N–H and O–H groups in total. The highest BCUT2D eigenvalue weighted by molar-refractivity contribution is 6.00. The number of nitrogens with one attached hydrogen (secondary N) is 1. The van der Waals surface area contributed by atoms with E-state index in [9.17, 15) is 4.79 Å². The summed E-state index contributed by atoms with van der Waals surface area (Å²) in [5.74, 6) is -0.185. The summed E-state index contributed by atoms with van der Waals surface area (Å²) in [7, 11) is 0. The monoisotopic (exact) mass is 235 g/mol. The summed E-state index contributed by atoms with van der Waals surface area (Å²) in [6.45, 7) is 3.17. The summed E-state index contributed by atoms with van der Waals surface area (Å²) in [6, 6.07) is 4.89. The van der Waals surface area contributed by atoms with Crippen molar-refractivity contribution in [3.05, 3.63) is 23.8 Å². The predicted octanol–water partition coefficient (Wildman–Crippen LogP) is 0.760. The maximum absolute atomic E-state index is 12.1. The summed E-state index contributed by atoms with van der Waals surface area (Å²) in [4.78, 5) is 12.1. The molecule has 1 aliphatic heterocycles. The van der Waals surface area contributed by atoms with Crippen molar-refractivity contribution in [2.45, 2.75) is 18.9 Å². The van der Waals surface area contributed by atoms with Gasteiger partial charge in [0.2, 0.25) is 0 Å². The van der Waals surface area contributed by atoms with E-state index in [1.54, 1.807) is 18.2 Å². The number of amides is 1. The van der Waals surface area contributed by atoms with E-state index in [4.69, 9.17) is 16.2 Å². The Labute approximate surface area is 100 Å². The number of benzene rings is 1. The lowest BCUT2D eigenvalue weighted by molar-refractivity contribution is 0.0891. The minimum absolute atomic E-state index is 0.185. The SMILES string of the molecule is CC1(NC(=O)c2ccc(N)cc2N)CCOC1. The Hall–Kier alpha value is -1.75. The zero-order valence-corrected chi connectivity index (χ0v) is 9.82. The molecule has 0 spiro atoms. The lowest BCUT2D eigenvalue weighted by Crippen LogP contribution is -2.46. The first-order valence-corrected chi connectivity index (χ1v) is 5.55. The Morgan fingerprint density at radius 1 is 1.47 bits per heavy atom. The fourth-order valence-corrected chi connectivity index (χ4v) is 1.90. The fraction of sp³-hybridized carbons (Fsp3) is 0.417. The van der Waals surface area contributed by atoms with Gasteiger partial charge in [-0.1, -0.05) is 0 Å². The summed E-state index contributed by atoms with van der Waals surface area (Å²) in [6.07, 6.45) is 0.813. The average molecular weight is 235 g/mol. The number of carbonyl (C=O) groups excluding carboxylic acids is 1. The van der Waals surface area contributed by atoms with Crippen molar-refractivity contribution in [2.75, 3.05) is 24.7 Å². The molecule has 1 atom stereocenters. The summed E-state index contributed by atoms with van der Waals surface area (Å²) in [5, 5.41) is 2.95. The normalized spacial score (nSPS) is 23.6. The Kier molecular flexibility index (Phi) is 2.93. The Morgan fingerprint density at radius 2 is 2.24 bits per heavy atom. The minimum Gasteiger partial charge on any atom is -0.399 e. The molecule has 5 heteroatoms. The molecule has 1 aromatic carbocycles. The summed E-state index contributed by atoms with van der Waals surface area (Å²) in [5.41, 5.74) is 12.4. The van der Waals surface area contributed by atoms with Gasteiger partial charge in [0.1, 0.15) is 0 Å². The number of hydrogen-bond acceptors (Lipinski definition) is 4. The van der Waals surface area contributed by atoms with Crippen LogP contribution >= 0.6 is 0 Å². The van der Waals surface area contributed by atoms with Crippen LogP contribution in [0.5, 0.6) is 0 Å². The van der Waals surface area contributed by atoms with Crippen molar-refractivity contribution < 1.29 is 9.53 Å². The maximum atomic E-state index is 12.1. The van der Waals surface area contributed by atoms with Gasteiger partial charge in [0.25, 0.3) is 5.91 Å². The van der Waals surface area contributed by atoms with Crippen molar-refractivity contribution in [1.29, 1.82) is 0 Å². The number of nitrogens with two attached hydrogens (primary N) is 2. The van der Waals surface area contributed by atoms with E-state index in [1.807, 2.05) is 6.92 Å². The van der Waals surface area contributed by atoms with Crippen LogP contribution in [0, 0.1) is 0 Å². The van der Waals surface area contributed by atoms with Gasteiger partial charge in [-0.25, -0.2) is 0 Å². The molecule has 0 aromatic heterocycles. The summed E-state index contributed by atoms with van der Waals surface area (Å²) >= 11 is 0. The zero-order valence-electron chi connectivity index (χ0n) is 9.82. The first-order valence-electron chi connectivity index (χ1n) is 5.55. The van der Waals surface area contributed by atoms with E-state index < -0.39 is 0 Å². The van der Waals surface area contributed by atoms with Gasteiger partial charge in [0.15, 0.2) is 0 Å². The molecule has 1 fully saturated rings. The molecule has 1 saturated heterocycles. The first-order chi connectivity index (χ1) is 8.00. The largest absolute Gasteiger partial charge is 0.399 e. The van der Waals surface area contributed by atoms with Gasteiger partial charge in [-0.2, -0.15) is 0 Å². The second kappa shape index (κ2) is 4.25. The Balaban J connectivity index is 2.14. The number of nitrogen functional groups attached to an aromatic ring is 2. The Morgan fingerprint density at radius 3 is 2.82 bits per heavy atom. The van der Waals surface area contributed by atoms with E-state index in [1.165, 1.54) is 0 Å². The highest BCUT2D eigenvalue weighted by Gasteiger charge is 2.31. The van der Waals surface area contributed by atoms with E-state index >= 15 is 0 Å². The topological polar surface area (TPSA) is 90.4 Å². The lowest BCUT2D eigenvalue weighted by atomic mass is 10.0. The molecular weight excluding hydrogens is 218 g/mol. The Bertz CT molecular complexity index is 439. The predicted molar refractivity (Wildman–Crippen MR) is 66.6 cm³/mol. The van der Waals surface area contributed by atoms with Gasteiger partial charge in [0, 0.05) is 18.0 Å². The van der Waals surface area contributed by atoms with Crippen molar-refractivity contribution in [3.8, 4) is 0 Å². The second-order valence-corrected chi connectivity index (χ2v) is 4.66. The van der Waals surface area contributed by atoms with Gasteiger partial charge in [0.05, 0.1) is 17.7 Å². The standard InChI is InChI=1S/C12H17N3O2/c1-12(4-5-17-7-12)15-11(16)9-3-2-8(13)6-10(9)14/h2-3,6H,4-5,7,13-14H2,1H3,(H,15,16). The highest BCUT2D eigenvalue weighted by Crippen LogP contribution is 2.20. The van der Waals surface area contributed by atoms with Crippen LogP contribution in [0.25, 0.3) is 0 Å². The van der Waals surface area contributed by atoms with Crippen LogP contribution in [0.4, 0.5) is 11.4 Å². The van der Waals surface area contributed by atoms with Crippen LogP contribution in [-0.2, 0) is 4.74 Å². The highest BCUT2D eigenvalue weighted by atomic mass is 16.5. The maximum Gasteiger partial charge on any atom is 0.253 e. The molecule has 1 unspecified atom stereocenters. The van der Waals surface area contributed by atoms with Gasteiger partial charge >= 0.3 is 0 Å². The molecule has 5 nitrogen and oxygen atoms in total. The summed E-state index contributed by atoms with van der Waals surface area (Å²) < 4.78 is 5.28. The molecule has 92 valence electrons. The molecular formula is C12H17N3O2. The zero-order chi connectivity index (χ0) is 12.5. The molecule has 2 rings (SSSR count). The smallest absolute Gasteiger partial charge is 0.253 e. The van der Waals surface area contributed by atoms with Crippen molar-refractivity contribution in [3.63, 3.8) is 0 Å². The number of anilines is 2. The van der Waals surface area contributed by atoms with Crippen molar-refractivity contribution in [2.24, 2.45) is 0 Å². The molecule has 17 heavy (non-hydrogen) atoms. The van der Waals surface area contributed by atoms with Gasteiger partial charge in [-0.05, 0) is 31.5 Å². The van der Waals surface area contributed by atoms with Crippen LogP contribution < -0.4 is 16.8 Å². The van der Waals surface area contributed by atoms with Gasteiger partial charge in [-0.3, -0.25) is 4.79 Å². The number of ether oxygens (including phenoxy) is 1. The number of hydrogen-bond donors (Lipinski definition) is 3. The van der Waals surface area contributed by atoms with Crippen molar-refractivity contribution in [1.82, 2.24) is 5.32 Å². The third kappa shape index (κ3) is 2.50. The van der Waals surface area contributed by atoms with Crippen molar-refractivity contribution >= 4 is 17.3 Å². The number of rotatable bonds is 2. The molecule has 0 saturated carbocycles. The average Bonchev–Trinajstić information content (AvgIpc) is 2.64. The van der Waals surface area contributed by atoms with E-state index in [-0.39, 0.29) is 11.4 Å². The van der Waals surface area contributed by atoms with Crippen LogP contribution in [0.1, 0.15) is 23.7 Å². The third-order valence-corrected chi connectivity index (χ3v) is 2.95. The minimum atomic E-state index is -0.301. The second-order valence-electron chi connectivity index (χ2n) is 4.66. The molecule has 1 aromatic rings. The van der Waals surface area contributed by atoms with Gasteiger partial charge in [-0.15, -0.1) is 0 Å². The molecule has 0 aliphatic carbocycles. The molecule has 0 radical (unpaired) electrons. The lowest BCUT2D eigenvalue weighted by Gasteiger charge is -2.23. The number of carbonyl (C=O) groups is 1. The molecule has 1 heterocycles. The van der Waals surface area contributed by atoms with Crippen LogP contribution in [0.2, 0.25) is 0 Å². The van der Waals surface area contributed by atoms with Crippen LogP contribution in [0.15, 0.2) is 18.2 Å².